The minimum absolute atomic E-state index is 0.211. The van der Waals surface area contributed by atoms with Gasteiger partial charge in [-0.25, -0.2) is 0 Å². The van der Waals surface area contributed by atoms with Crippen molar-refractivity contribution in [2.24, 2.45) is 5.92 Å². The smallest absolute Gasteiger partial charge is 0.224 e. The second-order valence-corrected chi connectivity index (χ2v) is 4.49. The molecule has 84 valence electrons. The van der Waals surface area contributed by atoms with E-state index in [1.54, 1.807) is 0 Å². The highest BCUT2D eigenvalue weighted by Crippen LogP contribution is 2.19. The summed E-state index contributed by atoms with van der Waals surface area (Å²) >= 11 is 0. The summed E-state index contributed by atoms with van der Waals surface area (Å²) in [5.41, 5.74) is 1.53. The highest BCUT2D eigenvalue weighted by atomic mass is 16.1. The molecule has 0 saturated carbocycles. The van der Waals surface area contributed by atoms with Crippen LogP contribution in [0.2, 0.25) is 0 Å². The molecule has 0 aromatic rings. The Kier molecular flexibility index (Phi) is 3.78. The molecular weight excluding hydrogens is 188 g/mol. The van der Waals surface area contributed by atoms with Crippen LogP contribution in [0, 0.1) is 5.92 Å². The van der Waals surface area contributed by atoms with Gasteiger partial charge in [-0.3, -0.25) is 4.79 Å². The quantitative estimate of drug-likeness (QED) is 0.682. The van der Waals surface area contributed by atoms with E-state index >= 15 is 0 Å². The standard InChI is InChI=1S/C12H20N2O/c15-12(11-6-7-13-9-11)14-8-5-10-3-1-2-4-10/h3,11,13H,1-2,4-9H2,(H,14,15). The molecule has 0 radical (unpaired) electrons. The fourth-order valence-corrected chi connectivity index (χ4v) is 2.33. The predicted molar refractivity (Wildman–Crippen MR) is 60.5 cm³/mol. The molecule has 1 aliphatic carbocycles. The van der Waals surface area contributed by atoms with E-state index < -0.39 is 0 Å². The summed E-state index contributed by atoms with van der Waals surface area (Å²) in [6.07, 6.45) is 8.14. The molecule has 2 N–H and O–H groups in total. The van der Waals surface area contributed by atoms with Gasteiger partial charge in [-0.05, 0) is 38.6 Å². The van der Waals surface area contributed by atoms with Crippen LogP contribution in [0.4, 0.5) is 0 Å². The maximum atomic E-state index is 11.6. The van der Waals surface area contributed by atoms with E-state index in [0.29, 0.717) is 0 Å². The van der Waals surface area contributed by atoms with Gasteiger partial charge in [-0.1, -0.05) is 11.6 Å². The van der Waals surface area contributed by atoms with Crippen molar-refractivity contribution in [3.05, 3.63) is 11.6 Å². The minimum Gasteiger partial charge on any atom is -0.356 e. The first kappa shape index (κ1) is 10.7. The Labute approximate surface area is 91.3 Å². The van der Waals surface area contributed by atoms with E-state index in [1.165, 1.54) is 24.8 Å². The van der Waals surface area contributed by atoms with E-state index in [4.69, 9.17) is 0 Å². The molecule has 0 aromatic carbocycles. The molecule has 1 amide bonds. The van der Waals surface area contributed by atoms with Crippen molar-refractivity contribution >= 4 is 5.91 Å². The van der Waals surface area contributed by atoms with E-state index in [1.807, 2.05) is 0 Å². The van der Waals surface area contributed by atoms with Crippen LogP contribution in [0.15, 0.2) is 11.6 Å². The van der Waals surface area contributed by atoms with Crippen molar-refractivity contribution in [2.75, 3.05) is 19.6 Å². The van der Waals surface area contributed by atoms with Crippen molar-refractivity contribution in [2.45, 2.75) is 32.1 Å². The normalized spacial score (nSPS) is 25.3. The summed E-state index contributed by atoms with van der Waals surface area (Å²) in [5, 5.41) is 6.24. The van der Waals surface area contributed by atoms with Crippen molar-refractivity contribution < 1.29 is 4.79 Å². The molecule has 0 bridgehead atoms. The lowest BCUT2D eigenvalue weighted by atomic mass is 10.1. The molecule has 0 spiro atoms. The van der Waals surface area contributed by atoms with Gasteiger partial charge in [0.05, 0.1) is 5.92 Å². The van der Waals surface area contributed by atoms with Gasteiger partial charge in [0.2, 0.25) is 5.91 Å². The zero-order chi connectivity index (χ0) is 10.5. The molecule has 0 aromatic heterocycles. The SMILES string of the molecule is O=C(NCCC1=CCCC1)C1CCNC1. The molecular formula is C12H20N2O. The summed E-state index contributed by atoms with van der Waals surface area (Å²) in [6, 6.07) is 0. The van der Waals surface area contributed by atoms with E-state index in [-0.39, 0.29) is 11.8 Å². The second-order valence-electron chi connectivity index (χ2n) is 4.49. The fraction of sp³-hybridized carbons (Fsp3) is 0.750. The van der Waals surface area contributed by atoms with Crippen LogP contribution < -0.4 is 10.6 Å². The van der Waals surface area contributed by atoms with Gasteiger partial charge in [0.25, 0.3) is 0 Å². The van der Waals surface area contributed by atoms with Crippen LogP contribution in [-0.2, 0) is 4.79 Å². The molecule has 1 aliphatic heterocycles. The Hall–Kier alpha value is -0.830. The van der Waals surface area contributed by atoms with Crippen LogP contribution >= 0.6 is 0 Å². The third kappa shape index (κ3) is 3.06. The number of hydrogen-bond donors (Lipinski definition) is 2. The summed E-state index contributed by atoms with van der Waals surface area (Å²) < 4.78 is 0. The molecule has 3 nitrogen and oxygen atoms in total. The number of amides is 1. The van der Waals surface area contributed by atoms with Gasteiger partial charge in [-0.15, -0.1) is 0 Å². The topological polar surface area (TPSA) is 41.1 Å². The molecule has 15 heavy (non-hydrogen) atoms. The van der Waals surface area contributed by atoms with Gasteiger partial charge in [-0.2, -0.15) is 0 Å². The number of carbonyl (C=O) groups is 1. The predicted octanol–water partition coefficient (Wildman–Crippen LogP) is 1.21. The first-order chi connectivity index (χ1) is 7.36. The fourth-order valence-electron chi connectivity index (χ4n) is 2.33. The largest absolute Gasteiger partial charge is 0.356 e. The third-order valence-electron chi connectivity index (χ3n) is 3.31. The summed E-state index contributed by atoms with van der Waals surface area (Å²) in [5.74, 6) is 0.446. The van der Waals surface area contributed by atoms with Gasteiger partial charge >= 0.3 is 0 Å². The maximum absolute atomic E-state index is 11.6. The molecule has 1 atom stereocenters. The second kappa shape index (κ2) is 5.31. The molecule has 3 heteroatoms. The number of allylic oxidation sites excluding steroid dienone is 1. The van der Waals surface area contributed by atoms with Gasteiger partial charge in [0.1, 0.15) is 0 Å². The molecule has 1 saturated heterocycles. The minimum atomic E-state index is 0.211. The molecule has 1 fully saturated rings. The third-order valence-corrected chi connectivity index (χ3v) is 3.31. The zero-order valence-corrected chi connectivity index (χ0v) is 9.22. The number of rotatable bonds is 4. The van der Waals surface area contributed by atoms with Crippen LogP contribution in [0.3, 0.4) is 0 Å². The van der Waals surface area contributed by atoms with Gasteiger partial charge < -0.3 is 10.6 Å². The first-order valence-corrected chi connectivity index (χ1v) is 6.02. The van der Waals surface area contributed by atoms with Crippen molar-refractivity contribution in [3.63, 3.8) is 0 Å². The molecule has 2 rings (SSSR count). The van der Waals surface area contributed by atoms with Gasteiger partial charge in [0, 0.05) is 13.1 Å². The first-order valence-electron chi connectivity index (χ1n) is 6.02. The van der Waals surface area contributed by atoms with Crippen LogP contribution in [0.1, 0.15) is 32.1 Å². The number of carbonyl (C=O) groups excluding carboxylic acids is 1. The monoisotopic (exact) mass is 208 g/mol. The highest BCUT2D eigenvalue weighted by molar-refractivity contribution is 5.79. The Balaban J connectivity index is 1.62. The average molecular weight is 208 g/mol. The summed E-state index contributed by atoms with van der Waals surface area (Å²) in [7, 11) is 0. The molecule has 1 heterocycles. The maximum Gasteiger partial charge on any atom is 0.224 e. The van der Waals surface area contributed by atoms with Crippen molar-refractivity contribution in [1.29, 1.82) is 0 Å². The Morgan fingerprint density at radius 1 is 1.60 bits per heavy atom. The summed E-state index contributed by atoms with van der Waals surface area (Å²) in [4.78, 5) is 11.6. The van der Waals surface area contributed by atoms with Crippen LogP contribution in [-0.4, -0.2) is 25.5 Å². The van der Waals surface area contributed by atoms with Gasteiger partial charge in [0.15, 0.2) is 0 Å². The van der Waals surface area contributed by atoms with Crippen LogP contribution in [0.25, 0.3) is 0 Å². The molecule has 2 aliphatic rings. The Morgan fingerprint density at radius 2 is 2.53 bits per heavy atom. The lowest BCUT2D eigenvalue weighted by Crippen LogP contribution is -2.32. The van der Waals surface area contributed by atoms with E-state index in [0.717, 1.165) is 32.5 Å². The lowest BCUT2D eigenvalue weighted by Gasteiger charge is -2.09. The van der Waals surface area contributed by atoms with Crippen molar-refractivity contribution in [3.8, 4) is 0 Å². The molecule has 1 unspecified atom stereocenters. The van der Waals surface area contributed by atoms with E-state index in [9.17, 15) is 4.79 Å². The average Bonchev–Trinajstić information content (AvgIpc) is 2.90. The zero-order valence-electron chi connectivity index (χ0n) is 9.22. The Bertz CT molecular complexity index is 254. The van der Waals surface area contributed by atoms with E-state index in [2.05, 4.69) is 16.7 Å². The summed E-state index contributed by atoms with van der Waals surface area (Å²) in [6.45, 7) is 2.67. The number of hydrogen-bond acceptors (Lipinski definition) is 2. The number of nitrogens with one attached hydrogen (secondary N) is 2. The highest BCUT2D eigenvalue weighted by Gasteiger charge is 2.21. The van der Waals surface area contributed by atoms with Crippen molar-refractivity contribution in [1.82, 2.24) is 10.6 Å². The van der Waals surface area contributed by atoms with Crippen LogP contribution in [0.5, 0.6) is 0 Å². The Morgan fingerprint density at radius 3 is 3.20 bits per heavy atom. The lowest BCUT2D eigenvalue weighted by molar-refractivity contribution is -0.124.